The lowest BCUT2D eigenvalue weighted by atomic mass is 10.1. The van der Waals surface area contributed by atoms with Gasteiger partial charge in [0.05, 0.1) is 17.2 Å². The standard InChI is InChI=1S/C15H12FN3O2/c1-8-3-12-13(4-9(8)2)19(7-18-12)14-11(15(20)21)5-10(16)6-17-14/h3-7H,1-2H3,(H,20,21). The van der Waals surface area contributed by atoms with Crippen LogP contribution in [0.5, 0.6) is 0 Å². The van der Waals surface area contributed by atoms with Crippen LogP contribution in [0.2, 0.25) is 0 Å². The number of carboxylic acid groups (broad SMARTS) is 1. The van der Waals surface area contributed by atoms with Crippen molar-refractivity contribution < 1.29 is 14.3 Å². The summed E-state index contributed by atoms with van der Waals surface area (Å²) in [7, 11) is 0. The van der Waals surface area contributed by atoms with Gasteiger partial charge in [-0.3, -0.25) is 4.57 Å². The highest BCUT2D eigenvalue weighted by atomic mass is 19.1. The molecule has 0 radical (unpaired) electrons. The molecule has 21 heavy (non-hydrogen) atoms. The number of hydrogen-bond acceptors (Lipinski definition) is 3. The van der Waals surface area contributed by atoms with Crippen molar-refractivity contribution in [3.05, 3.63) is 53.2 Å². The van der Waals surface area contributed by atoms with Crippen LogP contribution in [0.15, 0.2) is 30.7 Å². The Labute approximate surface area is 119 Å². The Hall–Kier alpha value is -2.76. The van der Waals surface area contributed by atoms with Gasteiger partial charge in [-0.25, -0.2) is 19.2 Å². The Balaban J connectivity index is 2.31. The maximum atomic E-state index is 13.2. The lowest BCUT2D eigenvalue weighted by Gasteiger charge is -2.08. The molecule has 0 fully saturated rings. The van der Waals surface area contributed by atoms with E-state index in [1.807, 2.05) is 26.0 Å². The number of pyridine rings is 1. The number of rotatable bonds is 2. The summed E-state index contributed by atoms with van der Waals surface area (Å²) < 4.78 is 14.8. The van der Waals surface area contributed by atoms with Crippen molar-refractivity contribution in [3.63, 3.8) is 0 Å². The molecule has 0 aliphatic rings. The van der Waals surface area contributed by atoms with Crippen LogP contribution in [-0.2, 0) is 0 Å². The summed E-state index contributed by atoms with van der Waals surface area (Å²) in [6.45, 7) is 3.94. The summed E-state index contributed by atoms with van der Waals surface area (Å²) in [6.07, 6.45) is 2.49. The lowest BCUT2D eigenvalue weighted by molar-refractivity contribution is 0.0696. The fourth-order valence-electron chi connectivity index (χ4n) is 2.21. The quantitative estimate of drug-likeness (QED) is 0.786. The van der Waals surface area contributed by atoms with Crippen molar-refractivity contribution in [2.24, 2.45) is 0 Å². The van der Waals surface area contributed by atoms with Crippen molar-refractivity contribution in [1.29, 1.82) is 0 Å². The predicted octanol–water partition coefficient (Wildman–Crippen LogP) is 2.87. The molecule has 1 N–H and O–H groups in total. The number of nitrogens with zero attached hydrogens (tertiary/aromatic N) is 3. The van der Waals surface area contributed by atoms with Crippen LogP contribution in [0.25, 0.3) is 16.9 Å². The Morgan fingerprint density at radius 2 is 1.90 bits per heavy atom. The fraction of sp³-hybridized carbons (Fsp3) is 0.133. The van der Waals surface area contributed by atoms with Crippen molar-refractivity contribution >= 4 is 17.0 Å². The number of halogens is 1. The van der Waals surface area contributed by atoms with Crippen molar-refractivity contribution in [2.45, 2.75) is 13.8 Å². The largest absolute Gasteiger partial charge is 0.478 e. The Morgan fingerprint density at radius 1 is 1.19 bits per heavy atom. The molecule has 1 aromatic carbocycles. The lowest BCUT2D eigenvalue weighted by Crippen LogP contribution is -2.08. The number of carboxylic acids is 1. The van der Waals surface area contributed by atoms with Crippen LogP contribution in [-0.4, -0.2) is 25.6 Å². The Kier molecular flexibility index (Phi) is 2.94. The van der Waals surface area contributed by atoms with E-state index in [2.05, 4.69) is 9.97 Å². The molecular weight excluding hydrogens is 273 g/mol. The predicted molar refractivity (Wildman–Crippen MR) is 75.3 cm³/mol. The van der Waals surface area contributed by atoms with E-state index in [9.17, 15) is 14.3 Å². The third kappa shape index (κ3) is 2.14. The molecule has 0 bridgehead atoms. The SMILES string of the molecule is Cc1cc2ncn(-c3ncc(F)cc3C(=O)O)c2cc1C. The number of hydrogen-bond donors (Lipinski definition) is 1. The van der Waals surface area contributed by atoms with Gasteiger partial charge in [-0.1, -0.05) is 0 Å². The van der Waals surface area contributed by atoms with Crippen LogP contribution < -0.4 is 0 Å². The minimum atomic E-state index is -1.23. The molecule has 0 aliphatic carbocycles. The summed E-state index contributed by atoms with van der Waals surface area (Å²) in [4.78, 5) is 19.5. The molecule has 3 rings (SSSR count). The first-order chi connectivity index (χ1) is 9.97. The van der Waals surface area contributed by atoms with Crippen LogP contribution in [0.3, 0.4) is 0 Å². The van der Waals surface area contributed by atoms with Crippen molar-refractivity contribution in [1.82, 2.24) is 14.5 Å². The third-order valence-electron chi connectivity index (χ3n) is 3.45. The number of aryl methyl sites for hydroxylation is 2. The molecule has 0 amide bonds. The third-order valence-corrected chi connectivity index (χ3v) is 3.45. The monoisotopic (exact) mass is 285 g/mol. The first kappa shape index (κ1) is 13.2. The molecule has 0 spiro atoms. The van der Waals surface area contributed by atoms with Gasteiger partial charge in [0.25, 0.3) is 0 Å². The molecule has 0 atom stereocenters. The smallest absolute Gasteiger partial charge is 0.339 e. The zero-order chi connectivity index (χ0) is 15.1. The normalized spacial score (nSPS) is 11.0. The second kappa shape index (κ2) is 4.66. The summed E-state index contributed by atoms with van der Waals surface area (Å²) in [6, 6.07) is 4.79. The van der Waals surface area contributed by atoms with Gasteiger partial charge in [0.2, 0.25) is 0 Å². The van der Waals surface area contributed by atoms with E-state index in [0.717, 1.165) is 34.4 Å². The van der Waals surface area contributed by atoms with Gasteiger partial charge in [-0.2, -0.15) is 0 Å². The number of aromatic nitrogens is 3. The minimum Gasteiger partial charge on any atom is -0.478 e. The van der Waals surface area contributed by atoms with Crippen molar-refractivity contribution in [3.8, 4) is 5.82 Å². The number of aromatic carboxylic acids is 1. The Bertz CT molecular complexity index is 871. The molecule has 0 saturated heterocycles. The fourth-order valence-corrected chi connectivity index (χ4v) is 2.21. The van der Waals surface area contributed by atoms with Crippen LogP contribution in [0.4, 0.5) is 4.39 Å². The molecule has 0 saturated carbocycles. The van der Waals surface area contributed by atoms with Gasteiger partial charge in [0.15, 0.2) is 5.82 Å². The van der Waals surface area contributed by atoms with Gasteiger partial charge in [-0.05, 0) is 43.2 Å². The molecule has 2 aromatic heterocycles. The molecule has 6 heteroatoms. The number of imidazole rings is 1. The van der Waals surface area contributed by atoms with Gasteiger partial charge >= 0.3 is 5.97 Å². The second-order valence-electron chi connectivity index (χ2n) is 4.87. The van der Waals surface area contributed by atoms with E-state index in [0.29, 0.717) is 0 Å². The summed E-state index contributed by atoms with van der Waals surface area (Å²) in [5.74, 6) is -1.77. The highest BCUT2D eigenvalue weighted by molar-refractivity contribution is 5.92. The molecule has 0 unspecified atom stereocenters. The minimum absolute atomic E-state index is 0.148. The maximum Gasteiger partial charge on any atom is 0.339 e. The molecule has 106 valence electrons. The van der Waals surface area contributed by atoms with Crippen LogP contribution >= 0.6 is 0 Å². The zero-order valence-corrected chi connectivity index (χ0v) is 11.5. The van der Waals surface area contributed by atoms with Gasteiger partial charge in [0, 0.05) is 0 Å². The molecular formula is C15H12FN3O2. The van der Waals surface area contributed by atoms with E-state index in [1.54, 1.807) is 4.57 Å². The molecule has 5 nitrogen and oxygen atoms in total. The first-order valence-electron chi connectivity index (χ1n) is 6.31. The number of fused-ring (bicyclic) bond motifs is 1. The van der Waals surface area contributed by atoms with E-state index in [-0.39, 0.29) is 11.4 Å². The summed E-state index contributed by atoms with van der Waals surface area (Å²) in [5.41, 5.74) is 3.43. The van der Waals surface area contributed by atoms with Gasteiger partial charge in [-0.15, -0.1) is 0 Å². The average molecular weight is 285 g/mol. The molecule has 0 aliphatic heterocycles. The number of benzene rings is 1. The van der Waals surface area contributed by atoms with Gasteiger partial charge < -0.3 is 5.11 Å². The molecule has 3 aromatic rings. The second-order valence-corrected chi connectivity index (χ2v) is 4.87. The van der Waals surface area contributed by atoms with Crippen LogP contribution in [0, 0.1) is 19.7 Å². The van der Waals surface area contributed by atoms with Crippen molar-refractivity contribution in [2.75, 3.05) is 0 Å². The van der Waals surface area contributed by atoms with E-state index < -0.39 is 11.8 Å². The first-order valence-corrected chi connectivity index (χ1v) is 6.31. The van der Waals surface area contributed by atoms with Gasteiger partial charge in [0.1, 0.15) is 17.7 Å². The zero-order valence-electron chi connectivity index (χ0n) is 11.5. The Morgan fingerprint density at radius 3 is 2.62 bits per heavy atom. The highest BCUT2D eigenvalue weighted by Crippen LogP contribution is 2.23. The average Bonchev–Trinajstić information content (AvgIpc) is 2.82. The van der Waals surface area contributed by atoms with Crippen LogP contribution in [0.1, 0.15) is 21.5 Å². The number of carbonyl (C=O) groups is 1. The molecule has 2 heterocycles. The summed E-state index contributed by atoms with van der Waals surface area (Å²) >= 11 is 0. The maximum absolute atomic E-state index is 13.2. The van der Waals surface area contributed by atoms with E-state index in [4.69, 9.17) is 0 Å². The highest BCUT2D eigenvalue weighted by Gasteiger charge is 2.17. The topological polar surface area (TPSA) is 68.0 Å². The van der Waals surface area contributed by atoms with E-state index >= 15 is 0 Å². The van der Waals surface area contributed by atoms with E-state index in [1.165, 1.54) is 6.33 Å². The summed E-state index contributed by atoms with van der Waals surface area (Å²) in [5, 5.41) is 9.22.